The number of hydrogen-bond donors (Lipinski definition) is 3. The molecule has 0 saturated carbocycles. The zero-order chi connectivity index (χ0) is 17.6. The van der Waals surface area contributed by atoms with Crippen LogP contribution in [-0.2, 0) is 18.4 Å². The van der Waals surface area contributed by atoms with E-state index in [1.54, 1.807) is 7.05 Å². The standard InChI is InChI=1S/C15H25Cl2N5O/c1-6-19-13(23)15(2,3)9-21-14(18-4)20-8-10-7-11(16)12(17)22(10)5/h7H,6,8-9H2,1-5H3,(H,19,23)(H2,18,20,21). The SMILES string of the molecule is CCNC(=O)C(C)(C)CNC(=NC)NCc1cc(Cl)c(Cl)n1C. The highest BCUT2D eigenvalue weighted by Gasteiger charge is 2.27. The number of aliphatic imine (C=N–C) groups is 1. The quantitative estimate of drug-likeness (QED) is 0.537. The normalized spacial score (nSPS) is 12.2. The topological polar surface area (TPSA) is 70.4 Å². The number of carbonyl (C=O) groups is 1. The zero-order valence-corrected chi connectivity index (χ0v) is 15.8. The molecule has 0 aliphatic carbocycles. The molecule has 0 spiro atoms. The lowest BCUT2D eigenvalue weighted by Crippen LogP contribution is -2.47. The van der Waals surface area contributed by atoms with Crippen molar-refractivity contribution in [2.75, 3.05) is 20.1 Å². The van der Waals surface area contributed by atoms with Crippen molar-refractivity contribution in [1.29, 1.82) is 0 Å². The monoisotopic (exact) mass is 361 g/mol. The summed E-state index contributed by atoms with van der Waals surface area (Å²) < 4.78 is 1.81. The molecule has 0 bridgehead atoms. The van der Waals surface area contributed by atoms with Crippen LogP contribution in [0.25, 0.3) is 0 Å². The molecule has 0 radical (unpaired) electrons. The molecule has 0 aromatic carbocycles. The van der Waals surface area contributed by atoms with Crippen molar-refractivity contribution in [3.05, 3.63) is 21.9 Å². The van der Waals surface area contributed by atoms with Gasteiger partial charge in [-0.15, -0.1) is 0 Å². The summed E-state index contributed by atoms with van der Waals surface area (Å²) in [6.07, 6.45) is 0. The van der Waals surface area contributed by atoms with Crippen molar-refractivity contribution >= 4 is 35.1 Å². The largest absolute Gasteiger partial charge is 0.356 e. The molecule has 1 aromatic rings. The molecule has 1 heterocycles. The third kappa shape index (κ3) is 5.32. The minimum atomic E-state index is -0.536. The van der Waals surface area contributed by atoms with Gasteiger partial charge >= 0.3 is 0 Å². The van der Waals surface area contributed by atoms with Crippen LogP contribution in [0, 0.1) is 5.41 Å². The molecule has 0 fully saturated rings. The fraction of sp³-hybridized carbons (Fsp3) is 0.600. The summed E-state index contributed by atoms with van der Waals surface area (Å²) in [5, 5.41) is 10.2. The van der Waals surface area contributed by atoms with Crippen molar-refractivity contribution < 1.29 is 4.79 Å². The van der Waals surface area contributed by atoms with Crippen molar-refractivity contribution in [2.45, 2.75) is 27.3 Å². The van der Waals surface area contributed by atoms with Crippen molar-refractivity contribution in [1.82, 2.24) is 20.5 Å². The van der Waals surface area contributed by atoms with Crippen LogP contribution in [0.15, 0.2) is 11.1 Å². The van der Waals surface area contributed by atoms with E-state index in [0.717, 1.165) is 5.69 Å². The van der Waals surface area contributed by atoms with E-state index in [2.05, 4.69) is 20.9 Å². The summed E-state index contributed by atoms with van der Waals surface area (Å²) in [6, 6.07) is 1.81. The third-order valence-electron chi connectivity index (χ3n) is 3.53. The summed E-state index contributed by atoms with van der Waals surface area (Å²) in [6.45, 7) is 7.27. The van der Waals surface area contributed by atoms with Gasteiger partial charge in [0.05, 0.1) is 17.0 Å². The van der Waals surface area contributed by atoms with E-state index in [-0.39, 0.29) is 5.91 Å². The molecule has 0 aliphatic heterocycles. The van der Waals surface area contributed by atoms with Crippen LogP contribution in [-0.4, -0.2) is 36.6 Å². The second kappa shape index (κ2) is 8.45. The lowest BCUT2D eigenvalue weighted by molar-refractivity contribution is -0.128. The van der Waals surface area contributed by atoms with Crippen LogP contribution in [0.3, 0.4) is 0 Å². The van der Waals surface area contributed by atoms with Crippen LogP contribution in [0.4, 0.5) is 0 Å². The fourth-order valence-electron chi connectivity index (χ4n) is 1.94. The lowest BCUT2D eigenvalue weighted by Gasteiger charge is -2.24. The second-order valence-corrected chi connectivity index (χ2v) is 6.62. The zero-order valence-electron chi connectivity index (χ0n) is 14.3. The molecule has 0 aliphatic rings. The smallest absolute Gasteiger partial charge is 0.227 e. The Kier molecular flexibility index (Phi) is 7.22. The number of aromatic nitrogens is 1. The summed E-state index contributed by atoms with van der Waals surface area (Å²) in [5.41, 5.74) is 0.400. The number of hydrogen-bond acceptors (Lipinski definition) is 2. The predicted octanol–water partition coefficient (Wildman–Crippen LogP) is 2.16. The Bertz CT molecular complexity index is 581. The van der Waals surface area contributed by atoms with E-state index in [1.165, 1.54) is 0 Å². The van der Waals surface area contributed by atoms with E-state index in [9.17, 15) is 4.79 Å². The Morgan fingerprint density at radius 3 is 2.43 bits per heavy atom. The molecule has 3 N–H and O–H groups in total. The van der Waals surface area contributed by atoms with E-state index >= 15 is 0 Å². The Morgan fingerprint density at radius 2 is 1.96 bits per heavy atom. The highest BCUT2D eigenvalue weighted by Crippen LogP contribution is 2.24. The summed E-state index contributed by atoms with van der Waals surface area (Å²) in [7, 11) is 3.53. The van der Waals surface area contributed by atoms with E-state index in [4.69, 9.17) is 23.2 Å². The first kappa shape index (κ1) is 19.6. The molecule has 8 heteroatoms. The van der Waals surface area contributed by atoms with Gasteiger partial charge in [0.1, 0.15) is 5.15 Å². The van der Waals surface area contributed by atoms with Gasteiger partial charge in [-0.05, 0) is 26.8 Å². The molecule has 6 nitrogen and oxygen atoms in total. The summed E-state index contributed by atoms with van der Waals surface area (Å²) in [4.78, 5) is 16.1. The molecule has 0 atom stereocenters. The third-order valence-corrected chi connectivity index (χ3v) is 4.37. The van der Waals surface area contributed by atoms with Gasteiger partial charge < -0.3 is 20.5 Å². The van der Waals surface area contributed by atoms with Gasteiger partial charge in [-0.2, -0.15) is 0 Å². The number of guanidine groups is 1. The lowest BCUT2D eigenvalue weighted by atomic mass is 9.92. The van der Waals surface area contributed by atoms with Gasteiger partial charge in [-0.1, -0.05) is 23.2 Å². The highest BCUT2D eigenvalue weighted by molar-refractivity contribution is 6.41. The molecular formula is C15H25Cl2N5O. The highest BCUT2D eigenvalue weighted by atomic mass is 35.5. The number of halogens is 2. The minimum absolute atomic E-state index is 0.00366. The van der Waals surface area contributed by atoms with Crippen molar-refractivity contribution in [3.63, 3.8) is 0 Å². The van der Waals surface area contributed by atoms with Gasteiger partial charge in [0.15, 0.2) is 5.96 Å². The molecule has 1 aromatic heterocycles. The second-order valence-electron chi connectivity index (χ2n) is 5.86. The van der Waals surface area contributed by atoms with Gasteiger partial charge in [0.25, 0.3) is 0 Å². The maximum Gasteiger partial charge on any atom is 0.227 e. The van der Waals surface area contributed by atoms with Crippen molar-refractivity contribution in [3.8, 4) is 0 Å². The van der Waals surface area contributed by atoms with Gasteiger partial charge in [-0.25, -0.2) is 0 Å². The number of nitrogens with one attached hydrogen (secondary N) is 3. The predicted molar refractivity (Wildman–Crippen MR) is 96.1 cm³/mol. The first-order chi connectivity index (χ1) is 10.7. The molecule has 0 unspecified atom stereocenters. The molecule has 23 heavy (non-hydrogen) atoms. The Morgan fingerprint density at radius 1 is 1.30 bits per heavy atom. The molecule has 1 amide bonds. The van der Waals surface area contributed by atoms with E-state index in [1.807, 2.05) is 38.5 Å². The van der Waals surface area contributed by atoms with Crippen LogP contribution in [0.1, 0.15) is 26.5 Å². The number of rotatable bonds is 6. The first-order valence-electron chi connectivity index (χ1n) is 7.45. The molecule has 1 rings (SSSR count). The van der Waals surface area contributed by atoms with Crippen LogP contribution in [0.2, 0.25) is 10.2 Å². The number of carbonyl (C=O) groups excluding carboxylic acids is 1. The maximum atomic E-state index is 12.0. The van der Waals surface area contributed by atoms with Gasteiger partial charge in [-0.3, -0.25) is 9.79 Å². The van der Waals surface area contributed by atoms with Crippen molar-refractivity contribution in [2.24, 2.45) is 17.5 Å². The number of amides is 1. The summed E-state index contributed by atoms with van der Waals surface area (Å²) >= 11 is 12.0. The average Bonchev–Trinajstić information content (AvgIpc) is 2.75. The molecule has 130 valence electrons. The van der Waals surface area contributed by atoms with Gasteiger partial charge in [0, 0.05) is 32.9 Å². The van der Waals surface area contributed by atoms with Crippen LogP contribution >= 0.6 is 23.2 Å². The Hall–Kier alpha value is -1.40. The maximum absolute atomic E-state index is 12.0. The van der Waals surface area contributed by atoms with Crippen LogP contribution in [0.5, 0.6) is 0 Å². The molecular weight excluding hydrogens is 337 g/mol. The fourth-order valence-corrected chi connectivity index (χ4v) is 2.35. The summed E-state index contributed by atoms with van der Waals surface area (Å²) in [5.74, 6) is 0.611. The Balaban J connectivity index is 2.58. The number of nitrogens with zero attached hydrogens (tertiary/aromatic N) is 2. The van der Waals surface area contributed by atoms with E-state index in [0.29, 0.717) is 35.8 Å². The average molecular weight is 362 g/mol. The minimum Gasteiger partial charge on any atom is -0.356 e. The first-order valence-corrected chi connectivity index (χ1v) is 8.21. The Labute approximate surface area is 147 Å². The van der Waals surface area contributed by atoms with Gasteiger partial charge in [0.2, 0.25) is 5.91 Å². The molecule has 0 saturated heterocycles. The van der Waals surface area contributed by atoms with E-state index < -0.39 is 5.41 Å². The van der Waals surface area contributed by atoms with Crippen LogP contribution < -0.4 is 16.0 Å².